The Kier molecular flexibility index (Phi) is 6.40. The maximum Gasteiger partial charge on any atom is 0.0763 e. The van der Waals surface area contributed by atoms with E-state index in [0.717, 1.165) is 49.8 Å². The molecule has 2 atom stereocenters. The lowest BCUT2D eigenvalue weighted by Gasteiger charge is -2.48. The molecule has 0 bridgehead atoms. The molecule has 2 fully saturated rings. The summed E-state index contributed by atoms with van der Waals surface area (Å²) in [5.41, 5.74) is 2.63. The van der Waals surface area contributed by atoms with Gasteiger partial charge in [0, 0.05) is 23.5 Å². The average Bonchev–Trinajstić information content (AvgIpc) is 2.68. The summed E-state index contributed by atoms with van der Waals surface area (Å²) in [7, 11) is 0. The fraction of sp³-hybridized carbons (Fsp3) is 0.520. The largest absolute Gasteiger partial charge is 0.391 e. The number of aliphatic hydroxyl groups is 1. The summed E-state index contributed by atoms with van der Waals surface area (Å²) >= 11 is 6.08. The molecule has 2 unspecified atom stereocenters. The molecule has 1 aliphatic heterocycles. The topological polar surface area (TPSA) is 23.5 Å². The van der Waals surface area contributed by atoms with E-state index in [2.05, 4.69) is 47.4 Å². The van der Waals surface area contributed by atoms with Gasteiger partial charge in [0.1, 0.15) is 0 Å². The molecule has 2 nitrogen and oxygen atoms in total. The Morgan fingerprint density at radius 3 is 2.46 bits per heavy atom. The Labute approximate surface area is 174 Å². The Morgan fingerprint density at radius 1 is 1.04 bits per heavy atom. The van der Waals surface area contributed by atoms with Crippen molar-refractivity contribution in [3.05, 3.63) is 70.7 Å². The van der Waals surface area contributed by atoms with Crippen LogP contribution < -0.4 is 0 Å². The van der Waals surface area contributed by atoms with Gasteiger partial charge in [0.15, 0.2) is 0 Å². The minimum absolute atomic E-state index is 0.0679. The zero-order chi connectivity index (χ0) is 19.4. The van der Waals surface area contributed by atoms with Crippen LogP contribution in [0, 0.1) is 5.92 Å². The van der Waals surface area contributed by atoms with Crippen molar-refractivity contribution in [3.63, 3.8) is 0 Å². The van der Waals surface area contributed by atoms with Gasteiger partial charge in [-0.05, 0) is 74.2 Å². The van der Waals surface area contributed by atoms with Gasteiger partial charge in [-0.3, -0.25) is 0 Å². The highest BCUT2D eigenvalue weighted by molar-refractivity contribution is 6.30. The van der Waals surface area contributed by atoms with Crippen LogP contribution in [0.5, 0.6) is 0 Å². The van der Waals surface area contributed by atoms with Crippen LogP contribution in [0.15, 0.2) is 54.6 Å². The normalized spacial score (nSPS) is 23.1. The Balaban J connectivity index is 1.34. The van der Waals surface area contributed by atoms with E-state index in [-0.39, 0.29) is 11.5 Å². The van der Waals surface area contributed by atoms with Gasteiger partial charge in [0.05, 0.1) is 6.10 Å². The number of aliphatic hydroxyl groups excluding tert-OH is 1. The molecule has 0 spiro atoms. The molecule has 0 amide bonds. The lowest BCUT2D eigenvalue weighted by atomic mass is 9.61. The first kappa shape index (κ1) is 19.9. The quantitative estimate of drug-likeness (QED) is 0.669. The molecule has 4 rings (SSSR count). The monoisotopic (exact) mass is 397 g/mol. The maximum absolute atomic E-state index is 11.2. The molecule has 0 aromatic heterocycles. The van der Waals surface area contributed by atoms with Crippen molar-refractivity contribution >= 4 is 11.6 Å². The predicted molar refractivity (Wildman–Crippen MR) is 117 cm³/mol. The fourth-order valence-electron chi connectivity index (χ4n) is 5.14. The lowest BCUT2D eigenvalue weighted by molar-refractivity contribution is -0.00655. The minimum Gasteiger partial charge on any atom is -0.391 e. The number of nitrogens with zero attached hydrogens (tertiary/aromatic N) is 1. The standard InChI is InChI=1S/C25H32ClNO/c26-23-13-11-22(12-14-23)25(15-5-16-25)24(28)19-27-17-4-8-21(18-27)10-9-20-6-2-1-3-7-20/h1-3,6-7,11-14,21,24,28H,4-5,8-10,15-19H2. The van der Waals surface area contributed by atoms with E-state index >= 15 is 0 Å². The number of benzene rings is 2. The van der Waals surface area contributed by atoms with Crippen molar-refractivity contribution in [2.45, 2.75) is 56.5 Å². The summed E-state index contributed by atoms with van der Waals surface area (Å²) in [6.45, 7) is 3.04. The highest BCUT2D eigenvalue weighted by atomic mass is 35.5. The third kappa shape index (κ3) is 4.45. The molecule has 1 saturated carbocycles. The number of piperidine rings is 1. The first-order valence-corrected chi connectivity index (χ1v) is 11.2. The van der Waals surface area contributed by atoms with Crippen LogP contribution >= 0.6 is 11.6 Å². The first-order valence-electron chi connectivity index (χ1n) is 10.9. The summed E-state index contributed by atoms with van der Waals surface area (Å²) in [6, 6.07) is 19.0. The van der Waals surface area contributed by atoms with Crippen molar-refractivity contribution in [1.82, 2.24) is 4.90 Å². The zero-order valence-electron chi connectivity index (χ0n) is 16.7. The molecular weight excluding hydrogens is 366 g/mol. The van der Waals surface area contributed by atoms with E-state index in [4.69, 9.17) is 11.6 Å². The molecule has 2 aromatic rings. The second-order valence-corrected chi connectivity index (χ2v) is 9.26. The molecule has 2 aliphatic rings. The second-order valence-electron chi connectivity index (χ2n) is 8.82. The summed E-state index contributed by atoms with van der Waals surface area (Å²) in [6.07, 6.45) is 8.06. The fourth-order valence-corrected chi connectivity index (χ4v) is 5.27. The van der Waals surface area contributed by atoms with Gasteiger partial charge in [-0.15, -0.1) is 0 Å². The van der Waals surface area contributed by atoms with Gasteiger partial charge in [-0.2, -0.15) is 0 Å². The van der Waals surface area contributed by atoms with E-state index in [1.54, 1.807) is 0 Å². The van der Waals surface area contributed by atoms with Crippen molar-refractivity contribution in [2.75, 3.05) is 19.6 Å². The van der Waals surface area contributed by atoms with Gasteiger partial charge in [0.2, 0.25) is 0 Å². The summed E-state index contributed by atoms with van der Waals surface area (Å²) in [4.78, 5) is 2.51. The smallest absolute Gasteiger partial charge is 0.0763 e. The molecule has 3 heteroatoms. The van der Waals surface area contributed by atoms with Crippen molar-refractivity contribution in [1.29, 1.82) is 0 Å². The Morgan fingerprint density at radius 2 is 1.79 bits per heavy atom. The van der Waals surface area contributed by atoms with Crippen LogP contribution in [0.4, 0.5) is 0 Å². The van der Waals surface area contributed by atoms with Crippen LogP contribution in [0.3, 0.4) is 0 Å². The van der Waals surface area contributed by atoms with E-state index in [9.17, 15) is 5.11 Å². The zero-order valence-corrected chi connectivity index (χ0v) is 17.5. The number of aryl methyl sites for hydroxylation is 1. The maximum atomic E-state index is 11.2. The molecule has 0 radical (unpaired) electrons. The molecule has 28 heavy (non-hydrogen) atoms. The molecule has 150 valence electrons. The third-order valence-electron chi connectivity index (χ3n) is 7.02. The summed E-state index contributed by atoms with van der Waals surface area (Å²) < 4.78 is 0. The van der Waals surface area contributed by atoms with Crippen LogP contribution in [0.1, 0.15) is 49.7 Å². The van der Waals surface area contributed by atoms with Crippen LogP contribution in [-0.2, 0) is 11.8 Å². The number of β-amino-alcohol motifs (C(OH)–C–C–N with tert-alkyl or cyclic N) is 1. The van der Waals surface area contributed by atoms with Gasteiger partial charge in [0.25, 0.3) is 0 Å². The number of likely N-dealkylation sites (tertiary alicyclic amines) is 1. The number of hydrogen-bond acceptors (Lipinski definition) is 2. The molecule has 1 N–H and O–H groups in total. The third-order valence-corrected chi connectivity index (χ3v) is 7.27. The highest BCUT2D eigenvalue weighted by Gasteiger charge is 2.45. The lowest BCUT2D eigenvalue weighted by Crippen LogP contribution is -2.52. The molecular formula is C25H32ClNO. The minimum atomic E-state index is -0.296. The van der Waals surface area contributed by atoms with Gasteiger partial charge in [-0.1, -0.05) is 60.5 Å². The highest BCUT2D eigenvalue weighted by Crippen LogP contribution is 2.47. The van der Waals surface area contributed by atoms with Crippen LogP contribution in [0.25, 0.3) is 0 Å². The molecule has 1 saturated heterocycles. The van der Waals surface area contributed by atoms with E-state index in [0.29, 0.717) is 0 Å². The number of halogens is 1. The van der Waals surface area contributed by atoms with Crippen molar-refractivity contribution in [3.8, 4) is 0 Å². The van der Waals surface area contributed by atoms with E-state index in [1.807, 2.05) is 12.1 Å². The van der Waals surface area contributed by atoms with Gasteiger partial charge >= 0.3 is 0 Å². The molecule has 2 aromatic carbocycles. The Bertz CT molecular complexity index is 741. The predicted octanol–water partition coefficient (Wildman–Crippen LogP) is 5.47. The van der Waals surface area contributed by atoms with Gasteiger partial charge in [-0.25, -0.2) is 0 Å². The van der Waals surface area contributed by atoms with Crippen molar-refractivity contribution in [2.24, 2.45) is 5.92 Å². The molecule has 1 heterocycles. The summed E-state index contributed by atoms with van der Waals surface area (Å²) in [5.74, 6) is 0.744. The average molecular weight is 398 g/mol. The SMILES string of the molecule is OC(CN1CCCC(CCc2ccccc2)C1)C1(c2ccc(Cl)cc2)CCC1. The van der Waals surface area contributed by atoms with Crippen LogP contribution in [0.2, 0.25) is 5.02 Å². The number of hydrogen-bond donors (Lipinski definition) is 1. The van der Waals surface area contributed by atoms with Crippen LogP contribution in [-0.4, -0.2) is 35.7 Å². The van der Waals surface area contributed by atoms with Crippen molar-refractivity contribution < 1.29 is 5.11 Å². The Hall–Kier alpha value is -1.35. The first-order chi connectivity index (χ1) is 13.7. The molecule has 1 aliphatic carbocycles. The van der Waals surface area contributed by atoms with Gasteiger partial charge < -0.3 is 10.0 Å². The second kappa shape index (κ2) is 8.98. The number of rotatable bonds is 7. The van der Waals surface area contributed by atoms with E-state index in [1.165, 1.54) is 36.8 Å². The summed E-state index contributed by atoms with van der Waals surface area (Å²) in [5, 5.41) is 12.0. The van der Waals surface area contributed by atoms with E-state index < -0.39 is 0 Å².